The highest BCUT2D eigenvalue weighted by molar-refractivity contribution is 5.96. The topological polar surface area (TPSA) is 108 Å². The molecule has 4 aliphatic carbocycles. The molecule has 4 aliphatic rings. The lowest BCUT2D eigenvalue weighted by Crippen LogP contribution is -2.72. The molecular weight excluding hydrogens is 420 g/mol. The third-order valence-corrected chi connectivity index (χ3v) is 7.63. The number of carbonyl (C=O) groups excluding carboxylic acids is 3. The van der Waals surface area contributed by atoms with Crippen molar-refractivity contribution in [2.45, 2.75) is 76.5 Å². The van der Waals surface area contributed by atoms with Crippen molar-refractivity contribution in [2.24, 2.45) is 28.9 Å². The summed E-state index contributed by atoms with van der Waals surface area (Å²) < 4.78 is 10.7. The van der Waals surface area contributed by atoms with Gasteiger partial charge < -0.3 is 20.5 Å². The first kappa shape index (κ1) is 23.7. The van der Waals surface area contributed by atoms with Crippen LogP contribution in [-0.4, -0.2) is 42.1 Å². The van der Waals surface area contributed by atoms with Gasteiger partial charge in [0.15, 0.2) is 5.78 Å². The van der Waals surface area contributed by atoms with Gasteiger partial charge in [0.05, 0.1) is 24.5 Å². The van der Waals surface area contributed by atoms with Gasteiger partial charge in [0.1, 0.15) is 5.60 Å². The van der Waals surface area contributed by atoms with E-state index in [1.807, 2.05) is 30.3 Å². The maximum atomic E-state index is 14.2. The lowest BCUT2D eigenvalue weighted by molar-refractivity contribution is -0.188. The molecule has 0 aromatic heterocycles. The molecule has 4 saturated carbocycles. The SMILES string of the molecule is COC(=O)C12CC3CC(CC(N)(C3)C1C(=O)[C@H](Cc1ccccc1)NC(=O)OC(C)(C)C)C2. The Morgan fingerprint density at radius 1 is 1.09 bits per heavy atom. The van der Waals surface area contributed by atoms with E-state index >= 15 is 0 Å². The van der Waals surface area contributed by atoms with E-state index < -0.39 is 34.6 Å². The van der Waals surface area contributed by atoms with Crippen molar-refractivity contribution in [3.63, 3.8) is 0 Å². The standard InChI is InChI=1S/C26H36N2O5/c1-24(2,3)33-23(31)28-19(11-16-8-6-5-7-9-16)20(29)21-25(22(30)32-4)12-17-10-18(13-25)15-26(21,27)14-17/h5-9,17-19,21H,10-15,27H2,1-4H3,(H,28,31)/t17?,18?,19-,21?,25?,26?/m0/s1. The summed E-state index contributed by atoms with van der Waals surface area (Å²) in [6.07, 6.45) is 3.40. The second kappa shape index (κ2) is 8.42. The van der Waals surface area contributed by atoms with Crippen molar-refractivity contribution in [3.05, 3.63) is 35.9 Å². The lowest BCUT2D eigenvalue weighted by Gasteiger charge is -2.63. The van der Waals surface area contributed by atoms with E-state index in [9.17, 15) is 14.4 Å². The molecule has 0 saturated heterocycles. The van der Waals surface area contributed by atoms with Crippen LogP contribution in [0.25, 0.3) is 0 Å². The number of benzene rings is 1. The van der Waals surface area contributed by atoms with Crippen LogP contribution in [0.15, 0.2) is 30.3 Å². The highest BCUT2D eigenvalue weighted by Gasteiger charge is 2.68. The lowest BCUT2D eigenvalue weighted by atomic mass is 9.41. The minimum absolute atomic E-state index is 0.198. The first-order chi connectivity index (χ1) is 15.5. The number of hydrogen-bond donors (Lipinski definition) is 2. The molecule has 0 radical (unpaired) electrons. The molecule has 4 fully saturated rings. The fourth-order valence-electron chi connectivity index (χ4n) is 7.01. The maximum Gasteiger partial charge on any atom is 0.408 e. The van der Waals surface area contributed by atoms with Gasteiger partial charge >= 0.3 is 12.1 Å². The Morgan fingerprint density at radius 3 is 2.24 bits per heavy atom. The number of carbonyl (C=O) groups is 3. The van der Waals surface area contributed by atoms with E-state index in [2.05, 4.69) is 5.32 Å². The van der Waals surface area contributed by atoms with Crippen LogP contribution in [0.4, 0.5) is 4.79 Å². The number of methoxy groups -OCH3 is 1. The van der Waals surface area contributed by atoms with Crippen molar-refractivity contribution < 1.29 is 23.9 Å². The summed E-state index contributed by atoms with van der Waals surface area (Å²) in [7, 11) is 1.38. The van der Waals surface area contributed by atoms with Crippen LogP contribution in [-0.2, 0) is 25.5 Å². The number of rotatable bonds is 6. The number of ketones is 1. The summed E-state index contributed by atoms with van der Waals surface area (Å²) >= 11 is 0. The quantitative estimate of drug-likeness (QED) is 0.636. The zero-order valence-corrected chi connectivity index (χ0v) is 20.1. The van der Waals surface area contributed by atoms with Crippen molar-refractivity contribution in [1.29, 1.82) is 0 Å². The van der Waals surface area contributed by atoms with E-state index in [1.54, 1.807) is 20.8 Å². The first-order valence-electron chi connectivity index (χ1n) is 11.9. The number of hydrogen-bond acceptors (Lipinski definition) is 6. The zero-order valence-electron chi connectivity index (χ0n) is 20.1. The number of esters is 1. The Kier molecular flexibility index (Phi) is 6.06. The summed E-state index contributed by atoms with van der Waals surface area (Å²) in [6, 6.07) is 8.68. The third kappa shape index (κ3) is 4.52. The van der Waals surface area contributed by atoms with Crippen molar-refractivity contribution in [1.82, 2.24) is 5.32 Å². The number of nitrogens with two attached hydrogens (primary N) is 1. The highest BCUT2D eigenvalue weighted by atomic mass is 16.6. The summed E-state index contributed by atoms with van der Waals surface area (Å²) in [4.78, 5) is 40.1. The molecule has 0 heterocycles. The predicted octanol–water partition coefficient (Wildman–Crippen LogP) is 3.39. The van der Waals surface area contributed by atoms with Gasteiger partial charge in [-0.15, -0.1) is 0 Å². The average molecular weight is 457 g/mol. The summed E-state index contributed by atoms with van der Waals surface area (Å²) in [5.74, 6) is -0.583. The molecule has 0 aliphatic heterocycles. The van der Waals surface area contributed by atoms with Crippen LogP contribution in [0.3, 0.4) is 0 Å². The van der Waals surface area contributed by atoms with Crippen molar-refractivity contribution >= 4 is 17.8 Å². The van der Waals surface area contributed by atoms with Crippen molar-refractivity contribution in [2.75, 3.05) is 7.11 Å². The van der Waals surface area contributed by atoms with E-state index in [0.29, 0.717) is 31.1 Å². The number of ether oxygens (including phenoxy) is 2. The van der Waals surface area contributed by atoms with Gasteiger partial charge in [-0.1, -0.05) is 30.3 Å². The molecule has 5 rings (SSSR count). The average Bonchev–Trinajstić information content (AvgIpc) is 2.70. The van der Waals surface area contributed by atoms with Gasteiger partial charge in [-0.2, -0.15) is 0 Å². The van der Waals surface area contributed by atoms with Crippen LogP contribution in [0.2, 0.25) is 0 Å². The number of alkyl carbamates (subject to hydrolysis) is 1. The molecule has 0 spiro atoms. The minimum atomic E-state index is -0.921. The van der Waals surface area contributed by atoms with Gasteiger partial charge in [-0.25, -0.2) is 4.79 Å². The predicted molar refractivity (Wildman–Crippen MR) is 123 cm³/mol. The largest absolute Gasteiger partial charge is 0.469 e. The molecular formula is C26H36N2O5. The van der Waals surface area contributed by atoms with Crippen LogP contribution >= 0.6 is 0 Å². The van der Waals surface area contributed by atoms with Crippen LogP contribution in [0, 0.1) is 23.2 Å². The molecule has 7 heteroatoms. The molecule has 1 aromatic carbocycles. The fourth-order valence-corrected chi connectivity index (χ4v) is 7.01. The molecule has 4 atom stereocenters. The van der Waals surface area contributed by atoms with Gasteiger partial charge in [0, 0.05) is 5.54 Å². The molecule has 1 amide bonds. The summed E-state index contributed by atoms with van der Waals surface area (Å²) in [5.41, 5.74) is 5.46. The normalized spacial score (nSPS) is 33.3. The molecule has 1 aromatic rings. The van der Waals surface area contributed by atoms with Gasteiger partial charge in [-0.3, -0.25) is 9.59 Å². The van der Waals surface area contributed by atoms with Gasteiger partial charge in [0.25, 0.3) is 0 Å². The Balaban J connectivity index is 1.69. The van der Waals surface area contributed by atoms with Crippen LogP contribution in [0.5, 0.6) is 0 Å². The summed E-state index contributed by atoms with van der Waals surface area (Å²) in [5, 5.41) is 2.80. The molecule has 3 unspecified atom stereocenters. The van der Waals surface area contributed by atoms with E-state index in [-0.39, 0.29) is 11.8 Å². The van der Waals surface area contributed by atoms with Crippen LogP contribution in [0.1, 0.15) is 58.4 Å². The first-order valence-corrected chi connectivity index (χ1v) is 11.9. The minimum Gasteiger partial charge on any atom is -0.469 e. The Hall–Kier alpha value is -2.41. The molecule has 4 bridgehead atoms. The fraction of sp³-hybridized carbons (Fsp3) is 0.654. The maximum absolute atomic E-state index is 14.2. The second-order valence-corrected chi connectivity index (χ2v) is 11.4. The molecule has 7 nitrogen and oxygen atoms in total. The highest BCUT2D eigenvalue weighted by Crippen LogP contribution is 2.64. The number of nitrogens with one attached hydrogen (secondary N) is 1. The molecule has 3 N–H and O–H groups in total. The smallest absolute Gasteiger partial charge is 0.408 e. The molecule has 180 valence electrons. The van der Waals surface area contributed by atoms with Crippen LogP contribution < -0.4 is 11.1 Å². The number of Topliss-reactive ketones (excluding diaryl/α,β-unsaturated/α-hetero) is 1. The van der Waals surface area contributed by atoms with Gasteiger partial charge in [-0.05, 0) is 76.7 Å². The number of amides is 1. The monoisotopic (exact) mass is 456 g/mol. The van der Waals surface area contributed by atoms with E-state index in [4.69, 9.17) is 15.2 Å². The Bertz CT molecular complexity index is 908. The molecule has 33 heavy (non-hydrogen) atoms. The van der Waals surface area contributed by atoms with Gasteiger partial charge in [0.2, 0.25) is 0 Å². The zero-order chi connectivity index (χ0) is 24.0. The van der Waals surface area contributed by atoms with Crippen molar-refractivity contribution in [3.8, 4) is 0 Å². The Morgan fingerprint density at radius 2 is 1.70 bits per heavy atom. The third-order valence-electron chi connectivity index (χ3n) is 7.63. The van der Waals surface area contributed by atoms with E-state index in [0.717, 1.165) is 24.8 Å². The second-order valence-electron chi connectivity index (χ2n) is 11.4. The van der Waals surface area contributed by atoms with E-state index in [1.165, 1.54) is 7.11 Å². The Labute approximate surface area is 195 Å². The summed E-state index contributed by atoms with van der Waals surface area (Å²) in [6.45, 7) is 5.33.